The van der Waals surface area contributed by atoms with E-state index in [-0.39, 0.29) is 0 Å². The van der Waals surface area contributed by atoms with Gasteiger partial charge in [0.2, 0.25) is 0 Å². The number of hydrogen-bond donors (Lipinski definition) is 1. The molecule has 1 heteroatoms. The third-order valence-electron chi connectivity index (χ3n) is 4.69. The molecule has 0 saturated heterocycles. The molecule has 0 aliphatic carbocycles. The van der Waals surface area contributed by atoms with Crippen molar-refractivity contribution in [2.45, 2.75) is 25.4 Å². The van der Waals surface area contributed by atoms with Crippen molar-refractivity contribution < 1.29 is 0 Å². The second-order valence-electron chi connectivity index (χ2n) is 5.92. The van der Waals surface area contributed by atoms with Gasteiger partial charge in [0.1, 0.15) is 0 Å². The summed E-state index contributed by atoms with van der Waals surface area (Å²) >= 11 is 0. The molecule has 2 unspecified atom stereocenters. The van der Waals surface area contributed by atoms with Crippen molar-refractivity contribution in [2.75, 3.05) is 0 Å². The summed E-state index contributed by atoms with van der Waals surface area (Å²) in [6.07, 6.45) is 0. The minimum Gasteiger partial charge on any atom is -0.305 e. The van der Waals surface area contributed by atoms with Gasteiger partial charge in [-0.25, -0.2) is 0 Å². The van der Waals surface area contributed by atoms with E-state index in [1.807, 2.05) is 0 Å². The van der Waals surface area contributed by atoms with Crippen LogP contribution in [-0.4, -0.2) is 0 Å². The van der Waals surface area contributed by atoms with Crippen LogP contribution >= 0.6 is 0 Å². The van der Waals surface area contributed by atoms with Gasteiger partial charge in [-0.3, -0.25) is 0 Å². The van der Waals surface area contributed by atoms with Gasteiger partial charge in [0.25, 0.3) is 0 Å². The SMILES string of the molecule is CC1c2c(ccc3ccccc23)CNC1c1ccccc1. The van der Waals surface area contributed by atoms with Crippen molar-refractivity contribution in [1.29, 1.82) is 0 Å². The Morgan fingerprint density at radius 1 is 0.857 bits per heavy atom. The van der Waals surface area contributed by atoms with E-state index < -0.39 is 0 Å². The Balaban J connectivity index is 1.87. The Labute approximate surface area is 125 Å². The van der Waals surface area contributed by atoms with Gasteiger partial charge in [0, 0.05) is 18.5 Å². The maximum atomic E-state index is 3.71. The second-order valence-corrected chi connectivity index (χ2v) is 5.92. The number of rotatable bonds is 1. The predicted octanol–water partition coefficient (Wildman–Crippen LogP) is 4.79. The highest BCUT2D eigenvalue weighted by atomic mass is 14.9. The van der Waals surface area contributed by atoms with Crippen LogP contribution in [0.5, 0.6) is 0 Å². The summed E-state index contributed by atoms with van der Waals surface area (Å²) in [4.78, 5) is 0. The van der Waals surface area contributed by atoms with Crippen LogP contribution in [0.15, 0.2) is 66.7 Å². The second kappa shape index (κ2) is 5.01. The molecule has 1 aliphatic rings. The highest BCUT2D eigenvalue weighted by molar-refractivity contribution is 5.87. The molecule has 104 valence electrons. The molecule has 0 bridgehead atoms. The van der Waals surface area contributed by atoms with E-state index in [0.717, 1.165) is 6.54 Å². The molecule has 0 aromatic heterocycles. The Kier molecular flexibility index (Phi) is 3.01. The third-order valence-corrected chi connectivity index (χ3v) is 4.69. The summed E-state index contributed by atoms with van der Waals surface area (Å²) in [5, 5.41) is 6.46. The average Bonchev–Trinajstić information content (AvgIpc) is 2.55. The predicted molar refractivity (Wildman–Crippen MR) is 88.4 cm³/mol. The molecule has 4 rings (SSSR count). The molecule has 0 radical (unpaired) electrons. The molecule has 0 amide bonds. The molecular formula is C20H19N. The Hall–Kier alpha value is -2.12. The summed E-state index contributed by atoms with van der Waals surface area (Å²) in [6.45, 7) is 3.29. The van der Waals surface area contributed by atoms with Crippen molar-refractivity contribution in [3.63, 3.8) is 0 Å². The fourth-order valence-electron chi connectivity index (χ4n) is 3.66. The lowest BCUT2D eigenvalue weighted by Gasteiger charge is -2.34. The lowest BCUT2D eigenvalue weighted by atomic mass is 9.80. The topological polar surface area (TPSA) is 12.0 Å². The summed E-state index contributed by atoms with van der Waals surface area (Å²) < 4.78 is 0. The van der Waals surface area contributed by atoms with Gasteiger partial charge < -0.3 is 5.32 Å². The largest absolute Gasteiger partial charge is 0.305 e. The maximum Gasteiger partial charge on any atom is 0.0389 e. The molecule has 1 aliphatic heterocycles. The molecule has 0 spiro atoms. The summed E-state index contributed by atoms with van der Waals surface area (Å²) in [5.41, 5.74) is 4.33. The highest BCUT2D eigenvalue weighted by Gasteiger charge is 2.28. The van der Waals surface area contributed by atoms with Crippen molar-refractivity contribution >= 4 is 10.8 Å². The first-order valence-corrected chi connectivity index (χ1v) is 7.63. The lowest BCUT2D eigenvalue weighted by molar-refractivity contribution is 0.436. The average molecular weight is 273 g/mol. The minimum atomic E-state index is 0.393. The van der Waals surface area contributed by atoms with E-state index in [1.54, 1.807) is 0 Å². The molecule has 1 nitrogen and oxygen atoms in total. The van der Waals surface area contributed by atoms with Crippen LogP contribution in [0.2, 0.25) is 0 Å². The lowest BCUT2D eigenvalue weighted by Crippen LogP contribution is -2.31. The minimum absolute atomic E-state index is 0.393. The molecule has 1 heterocycles. The van der Waals surface area contributed by atoms with Crippen LogP contribution in [0.3, 0.4) is 0 Å². The molecular weight excluding hydrogens is 254 g/mol. The molecule has 3 aromatic rings. The smallest absolute Gasteiger partial charge is 0.0389 e. The quantitative estimate of drug-likeness (QED) is 0.672. The molecule has 3 aromatic carbocycles. The van der Waals surface area contributed by atoms with Gasteiger partial charge in [0.15, 0.2) is 0 Å². The van der Waals surface area contributed by atoms with Crippen LogP contribution in [0.25, 0.3) is 10.8 Å². The molecule has 0 saturated carbocycles. The van der Waals surface area contributed by atoms with E-state index in [9.17, 15) is 0 Å². The van der Waals surface area contributed by atoms with Gasteiger partial charge in [-0.2, -0.15) is 0 Å². The van der Waals surface area contributed by atoms with Gasteiger partial charge >= 0.3 is 0 Å². The van der Waals surface area contributed by atoms with E-state index in [2.05, 4.69) is 79.0 Å². The van der Waals surface area contributed by atoms with E-state index >= 15 is 0 Å². The monoisotopic (exact) mass is 273 g/mol. The number of fused-ring (bicyclic) bond motifs is 3. The van der Waals surface area contributed by atoms with Crippen LogP contribution in [0.1, 0.15) is 35.6 Å². The Morgan fingerprint density at radius 3 is 2.48 bits per heavy atom. The van der Waals surface area contributed by atoms with Crippen molar-refractivity contribution in [1.82, 2.24) is 5.32 Å². The fourth-order valence-corrected chi connectivity index (χ4v) is 3.66. The first-order valence-electron chi connectivity index (χ1n) is 7.63. The van der Waals surface area contributed by atoms with Crippen LogP contribution in [-0.2, 0) is 6.54 Å². The van der Waals surface area contributed by atoms with E-state index in [1.165, 1.54) is 27.5 Å². The van der Waals surface area contributed by atoms with Crippen LogP contribution in [0, 0.1) is 0 Å². The molecule has 0 fully saturated rings. The third kappa shape index (κ3) is 2.05. The highest BCUT2D eigenvalue weighted by Crippen LogP contribution is 2.40. The standard InChI is InChI=1S/C20H19N/c1-14-19-17(12-11-15-7-5-6-10-18(15)19)13-21-20(14)16-8-3-2-4-9-16/h2-12,14,20-21H,13H2,1H3. The Morgan fingerprint density at radius 2 is 1.62 bits per heavy atom. The van der Waals surface area contributed by atoms with Crippen molar-refractivity contribution in [3.05, 3.63) is 83.4 Å². The summed E-state index contributed by atoms with van der Waals surface area (Å²) in [7, 11) is 0. The number of hydrogen-bond acceptors (Lipinski definition) is 1. The first-order chi connectivity index (χ1) is 10.3. The maximum absolute atomic E-state index is 3.71. The van der Waals surface area contributed by atoms with Gasteiger partial charge in [-0.1, -0.05) is 73.7 Å². The van der Waals surface area contributed by atoms with Crippen LogP contribution in [0.4, 0.5) is 0 Å². The van der Waals surface area contributed by atoms with Crippen LogP contribution < -0.4 is 5.32 Å². The van der Waals surface area contributed by atoms with Gasteiger partial charge in [0.05, 0.1) is 0 Å². The fraction of sp³-hybridized carbons (Fsp3) is 0.200. The molecule has 2 atom stereocenters. The Bertz CT molecular complexity index is 776. The zero-order valence-electron chi connectivity index (χ0n) is 12.2. The first kappa shape index (κ1) is 12.6. The zero-order chi connectivity index (χ0) is 14.2. The zero-order valence-corrected chi connectivity index (χ0v) is 12.2. The van der Waals surface area contributed by atoms with Crippen molar-refractivity contribution in [2.24, 2.45) is 0 Å². The van der Waals surface area contributed by atoms with Gasteiger partial charge in [-0.15, -0.1) is 0 Å². The van der Waals surface area contributed by atoms with Crippen molar-refractivity contribution in [3.8, 4) is 0 Å². The van der Waals surface area contributed by atoms with E-state index in [4.69, 9.17) is 0 Å². The van der Waals surface area contributed by atoms with Gasteiger partial charge in [-0.05, 0) is 27.5 Å². The molecule has 21 heavy (non-hydrogen) atoms. The number of nitrogens with one attached hydrogen (secondary N) is 1. The molecule has 1 N–H and O–H groups in total. The summed E-state index contributed by atoms with van der Waals surface area (Å²) in [6, 6.07) is 24.4. The normalized spacial score (nSPS) is 21.2. The number of benzene rings is 3. The van der Waals surface area contributed by atoms with E-state index in [0.29, 0.717) is 12.0 Å². The summed E-state index contributed by atoms with van der Waals surface area (Å²) in [5.74, 6) is 0.474.